The van der Waals surface area contributed by atoms with E-state index in [4.69, 9.17) is 4.74 Å². The second kappa shape index (κ2) is 5.68. The molecule has 0 aliphatic heterocycles. The molecule has 2 aliphatic carbocycles. The van der Waals surface area contributed by atoms with Crippen LogP contribution in [0.2, 0.25) is 0 Å². The van der Waals surface area contributed by atoms with Crippen molar-refractivity contribution in [2.24, 2.45) is 5.92 Å². The Balaban J connectivity index is 1.85. The summed E-state index contributed by atoms with van der Waals surface area (Å²) < 4.78 is 5.34. The molecule has 0 radical (unpaired) electrons. The molecule has 1 unspecified atom stereocenters. The third-order valence-electron chi connectivity index (χ3n) is 4.71. The topological polar surface area (TPSA) is 24.5 Å². The first-order valence-electron chi connectivity index (χ1n) is 7.08. The van der Waals surface area contributed by atoms with Crippen LogP contribution < -0.4 is 5.32 Å². The zero-order valence-electron chi connectivity index (χ0n) is 11.7. The van der Waals surface area contributed by atoms with Crippen molar-refractivity contribution in [3.05, 3.63) is 0 Å². The summed E-state index contributed by atoms with van der Waals surface area (Å²) in [5.74, 6) is 0.871. The average Bonchev–Trinajstić information content (AvgIpc) is 3.03. The maximum Gasteiger partial charge on any atom is 0.0618 e. The summed E-state index contributed by atoms with van der Waals surface area (Å²) in [6.07, 6.45) is 8.23. The zero-order valence-corrected chi connectivity index (χ0v) is 11.7. The highest BCUT2D eigenvalue weighted by Gasteiger charge is 2.38. The van der Waals surface area contributed by atoms with Gasteiger partial charge in [0, 0.05) is 25.2 Å². The summed E-state index contributed by atoms with van der Waals surface area (Å²) >= 11 is 0. The Kier molecular flexibility index (Phi) is 4.45. The first-order chi connectivity index (χ1) is 8.18. The van der Waals surface area contributed by atoms with Crippen LogP contribution in [0.1, 0.15) is 38.5 Å². The normalized spacial score (nSPS) is 25.4. The average molecular weight is 240 g/mol. The molecule has 0 heterocycles. The lowest BCUT2D eigenvalue weighted by atomic mass is 9.95. The van der Waals surface area contributed by atoms with Crippen LogP contribution in [0.5, 0.6) is 0 Å². The van der Waals surface area contributed by atoms with Crippen LogP contribution in [0.15, 0.2) is 0 Å². The first-order valence-corrected chi connectivity index (χ1v) is 7.08. The van der Waals surface area contributed by atoms with Gasteiger partial charge in [-0.05, 0) is 45.7 Å². The Labute approximate surface area is 106 Å². The summed E-state index contributed by atoms with van der Waals surface area (Å²) in [5.41, 5.74) is 0.404. The maximum absolute atomic E-state index is 5.34. The van der Waals surface area contributed by atoms with Crippen LogP contribution in [-0.2, 0) is 4.74 Å². The van der Waals surface area contributed by atoms with Gasteiger partial charge in [-0.25, -0.2) is 0 Å². The number of nitrogens with one attached hydrogen (secondary N) is 1. The van der Waals surface area contributed by atoms with E-state index in [9.17, 15) is 0 Å². The molecular formula is C14H28N2O. The van der Waals surface area contributed by atoms with Crippen molar-refractivity contribution >= 4 is 0 Å². The Morgan fingerprint density at radius 1 is 1.29 bits per heavy atom. The fourth-order valence-electron chi connectivity index (χ4n) is 3.18. The molecule has 2 fully saturated rings. The van der Waals surface area contributed by atoms with Crippen molar-refractivity contribution in [2.75, 3.05) is 34.4 Å². The fourth-order valence-corrected chi connectivity index (χ4v) is 3.18. The van der Waals surface area contributed by atoms with Crippen molar-refractivity contribution in [3.63, 3.8) is 0 Å². The minimum Gasteiger partial charge on any atom is -0.383 e. The molecule has 0 aromatic heterocycles. The SMILES string of the molecule is COCC(NCC1(N(C)C)CCCC1)C1CC1. The lowest BCUT2D eigenvalue weighted by Gasteiger charge is -2.38. The molecule has 0 aromatic carbocycles. The van der Waals surface area contributed by atoms with Gasteiger partial charge >= 0.3 is 0 Å². The summed E-state index contributed by atoms with van der Waals surface area (Å²) in [5, 5.41) is 3.78. The van der Waals surface area contributed by atoms with Crippen LogP contribution in [0, 0.1) is 5.92 Å². The van der Waals surface area contributed by atoms with Crippen LogP contribution in [0.4, 0.5) is 0 Å². The zero-order chi connectivity index (χ0) is 12.3. The Morgan fingerprint density at radius 3 is 2.41 bits per heavy atom. The fraction of sp³-hybridized carbons (Fsp3) is 1.00. The molecule has 0 saturated heterocycles. The Morgan fingerprint density at radius 2 is 1.94 bits per heavy atom. The lowest BCUT2D eigenvalue weighted by Crippen LogP contribution is -2.52. The van der Waals surface area contributed by atoms with Gasteiger partial charge in [0.25, 0.3) is 0 Å². The maximum atomic E-state index is 5.34. The van der Waals surface area contributed by atoms with Gasteiger partial charge in [0.15, 0.2) is 0 Å². The molecule has 100 valence electrons. The van der Waals surface area contributed by atoms with E-state index in [2.05, 4.69) is 24.3 Å². The van der Waals surface area contributed by atoms with Crippen LogP contribution in [-0.4, -0.2) is 50.8 Å². The molecular weight excluding hydrogens is 212 g/mol. The van der Waals surface area contributed by atoms with E-state index >= 15 is 0 Å². The van der Waals surface area contributed by atoms with E-state index in [1.807, 2.05) is 7.11 Å². The highest BCUT2D eigenvalue weighted by atomic mass is 16.5. The van der Waals surface area contributed by atoms with Crippen LogP contribution in [0.3, 0.4) is 0 Å². The Bertz CT molecular complexity index is 232. The molecule has 3 nitrogen and oxygen atoms in total. The highest BCUT2D eigenvalue weighted by molar-refractivity contribution is 4.97. The summed E-state index contributed by atoms with van der Waals surface area (Å²) in [6.45, 7) is 2.00. The third-order valence-corrected chi connectivity index (χ3v) is 4.71. The molecule has 0 aromatic rings. The molecule has 2 rings (SSSR count). The molecule has 2 saturated carbocycles. The van der Waals surface area contributed by atoms with Gasteiger partial charge in [-0.3, -0.25) is 0 Å². The molecule has 3 heteroatoms. The number of hydrogen-bond acceptors (Lipinski definition) is 3. The number of rotatable bonds is 7. The molecule has 1 atom stereocenters. The first kappa shape index (κ1) is 13.3. The van der Waals surface area contributed by atoms with E-state index in [0.29, 0.717) is 11.6 Å². The van der Waals surface area contributed by atoms with Crippen molar-refractivity contribution in [3.8, 4) is 0 Å². The number of hydrogen-bond donors (Lipinski definition) is 1. The van der Waals surface area contributed by atoms with Crippen molar-refractivity contribution in [2.45, 2.75) is 50.1 Å². The standard InChI is InChI=1S/C14H28N2O/c1-16(2)14(8-4-5-9-14)11-15-13(10-17-3)12-6-7-12/h12-13,15H,4-11H2,1-3H3. The second-order valence-electron chi connectivity index (χ2n) is 6.11. The van der Waals surface area contributed by atoms with Crippen molar-refractivity contribution in [1.29, 1.82) is 0 Å². The minimum atomic E-state index is 0.404. The second-order valence-corrected chi connectivity index (χ2v) is 6.11. The number of ether oxygens (including phenoxy) is 1. The number of likely N-dealkylation sites (N-methyl/N-ethyl adjacent to an activating group) is 1. The minimum absolute atomic E-state index is 0.404. The predicted molar refractivity (Wildman–Crippen MR) is 71.3 cm³/mol. The predicted octanol–water partition coefficient (Wildman–Crippen LogP) is 1.88. The van der Waals surface area contributed by atoms with Gasteiger partial charge in [0.05, 0.1) is 6.61 Å². The number of nitrogens with zero attached hydrogens (tertiary/aromatic N) is 1. The van der Waals surface area contributed by atoms with Gasteiger partial charge in [-0.2, -0.15) is 0 Å². The van der Waals surface area contributed by atoms with Crippen LogP contribution >= 0.6 is 0 Å². The molecule has 17 heavy (non-hydrogen) atoms. The molecule has 0 bridgehead atoms. The summed E-state index contributed by atoms with van der Waals surface area (Å²) in [4.78, 5) is 2.43. The van der Waals surface area contributed by atoms with E-state index in [1.165, 1.54) is 38.5 Å². The van der Waals surface area contributed by atoms with E-state index in [0.717, 1.165) is 19.1 Å². The molecule has 2 aliphatic rings. The van der Waals surface area contributed by atoms with Gasteiger partial charge in [0.1, 0.15) is 0 Å². The molecule has 0 amide bonds. The Hall–Kier alpha value is -0.120. The molecule has 0 spiro atoms. The van der Waals surface area contributed by atoms with Crippen molar-refractivity contribution < 1.29 is 4.74 Å². The third kappa shape index (κ3) is 3.21. The van der Waals surface area contributed by atoms with Gasteiger partial charge < -0.3 is 15.0 Å². The largest absolute Gasteiger partial charge is 0.383 e. The molecule has 1 N–H and O–H groups in total. The van der Waals surface area contributed by atoms with E-state index < -0.39 is 0 Å². The van der Waals surface area contributed by atoms with Crippen LogP contribution in [0.25, 0.3) is 0 Å². The summed E-state index contributed by atoms with van der Waals surface area (Å²) in [7, 11) is 6.28. The quantitative estimate of drug-likeness (QED) is 0.735. The van der Waals surface area contributed by atoms with Gasteiger partial charge in [-0.1, -0.05) is 12.8 Å². The number of methoxy groups -OCH3 is 1. The van der Waals surface area contributed by atoms with E-state index in [1.54, 1.807) is 0 Å². The monoisotopic (exact) mass is 240 g/mol. The van der Waals surface area contributed by atoms with Gasteiger partial charge in [0.2, 0.25) is 0 Å². The summed E-state index contributed by atoms with van der Waals surface area (Å²) in [6, 6.07) is 0.581. The highest BCUT2D eigenvalue weighted by Crippen LogP contribution is 2.35. The van der Waals surface area contributed by atoms with E-state index in [-0.39, 0.29) is 0 Å². The lowest BCUT2D eigenvalue weighted by molar-refractivity contribution is 0.121. The smallest absolute Gasteiger partial charge is 0.0618 e. The van der Waals surface area contributed by atoms with Crippen molar-refractivity contribution in [1.82, 2.24) is 10.2 Å². The van der Waals surface area contributed by atoms with Gasteiger partial charge in [-0.15, -0.1) is 0 Å².